The first-order valence-electron chi connectivity index (χ1n) is 8.00. The fourth-order valence-electron chi connectivity index (χ4n) is 2.93. The van der Waals surface area contributed by atoms with Crippen LogP contribution in [-0.4, -0.2) is 32.1 Å². The number of benzene rings is 1. The van der Waals surface area contributed by atoms with Crippen LogP contribution in [0.4, 0.5) is 18.9 Å². The molecule has 3 rings (SSSR count). The average molecular weight is 333 g/mol. The SMILES string of the molecule is Bc1ccc(C(Nc2ccc(C3CCNC3)cc2)C(F)(F)F)nc1. The molecule has 1 aliphatic rings. The van der Waals surface area contributed by atoms with Gasteiger partial charge in [0, 0.05) is 18.4 Å². The van der Waals surface area contributed by atoms with Crippen LogP contribution in [0.15, 0.2) is 42.6 Å². The van der Waals surface area contributed by atoms with E-state index in [9.17, 15) is 13.2 Å². The summed E-state index contributed by atoms with van der Waals surface area (Å²) in [6, 6.07) is 8.45. The maximum absolute atomic E-state index is 13.4. The number of nitrogens with zero attached hydrogens (tertiary/aromatic N) is 1. The van der Waals surface area contributed by atoms with Crippen LogP contribution in [0, 0.1) is 0 Å². The molecular formula is C17H19BF3N3. The minimum Gasteiger partial charge on any atom is -0.369 e. The van der Waals surface area contributed by atoms with E-state index >= 15 is 0 Å². The fourth-order valence-corrected chi connectivity index (χ4v) is 2.93. The first kappa shape index (κ1) is 16.8. The highest BCUT2D eigenvalue weighted by atomic mass is 19.4. The molecular weight excluding hydrogens is 314 g/mol. The van der Waals surface area contributed by atoms with E-state index in [1.54, 1.807) is 26.0 Å². The van der Waals surface area contributed by atoms with Crippen LogP contribution in [0.3, 0.4) is 0 Å². The summed E-state index contributed by atoms with van der Waals surface area (Å²) in [5.74, 6) is 0.441. The van der Waals surface area contributed by atoms with Crippen LogP contribution >= 0.6 is 0 Å². The van der Waals surface area contributed by atoms with Gasteiger partial charge in [0.15, 0.2) is 6.04 Å². The highest BCUT2D eigenvalue weighted by molar-refractivity contribution is 6.32. The summed E-state index contributed by atoms with van der Waals surface area (Å²) >= 11 is 0. The molecule has 3 nitrogen and oxygen atoms in total. The molecule has 0 bridgehead atoms. The van der Waals surface area contributed by atoms with E-state index in [4.69, 9.17) is 0 Å². The third kappa shape index (κ3) is 3.90. The fraction of sp³-hybridized carbons (Fsp3) is 0.353. The topological polar surface area (TPSA) is 37.0 Å². The highest BCUT2D eigenvalue weighted by Crippen LogP contribution is 2.35. The molecule has 1 aliphatic heterocycles. The molecule has 2 unspecified atom stereocenters. The zero-order valence-electron chi connectivity index (χ0n) is 13.4. The van der Waals surface area contributed by atoms with Gasteiger partial charge < -0.3 is 10.6 Å². The van der Waals surface area contributed by atoms with Crippen molar-refractivity contribution in [2.75, 3.05) is 18.4 Å². The van der Waals surface area contributed by atoms with Crippen molar-refractivity contribution in [3.05, 3.63) is 53.9 Å². The molecule has 126 valence electrons. The lowest BCUT2D eigenvalue weighted by molar-refractivity contribution is -0.144. The van der Waals surface area contributed by atoms with Crippen molar-refractivity contribution in [3.63, 3.8) is 0 Å². The second-order valence-corrected chi connectivity index (χ2v) is 6.19. The lowest BCUT2D eigenvalue weighted by Gasteiger charge is -2.22. The summed E-state index contributed by atoms with van der Waals surface area (Å²) in [6.45, 7) is 1.91. The standard InChI is InChI=1S/C17H19BF3N3/c18-13-3-6-15(23-10-13)16(17(19,20)21)24-14-4-1-11(2-5-14)12-7-8-22-9-12/h1-6,10,12,16,22,24H,7-9,18H2. The summed E-state index contributed by atoms with van der Waals surface area (Å²) in [6.07, 6.45) is -1.91. The van der Waals surface area contributed by atoms with Crippen molar-refractivity contribution < 1.29 is 13.2 Å². The molecule has 2 aromatic rings. The van der Waals surface area contributed by atoms with Gasteiger partial charge >= 0.3 is 6.18 Å². The molecule has 7 heteroatoms. The van der Waals surface area contributed by atoms with Gasteiger partial charge in [-0.15, -0.1) is 0 Å². The third-order valence-corrected chi connectivity index (χ3v) is 4.31. The maximum Gasteiger partial charge on any atom is 0.414 e. The van der Waals surface area contributed by atoms with Crippen LogP contribution in [0.2, 0.25) is 0 Å². The third-order valence-electron chi connectivity index (χ3n) is 4.31. The van der Waals surface area contributed by atoms with Gasteiger partial charge in [0.2, 0.25) is 0 Å². The van der Waals surface area contributed by atoms with E-state index in [0.29, 0.717) is 11.6 Å². The molecule has 1 aromatic heterocycles. The number of hydrogen-bond donors (Lipinski definition) is 2. The predicted octanol–water partition coefficient (Wildman–Crippen LogP) is 2.13. The van der Waals surface area contributed by atoms with Crippen molar-refractivity contribution in [2.24, 2.45) is 0 Å². The number of hydrogen-bond acceptors (Lipinski definition) is 3. The molecule has 0 radical (unpaired) electrons. The first-order chi connectivity index (χ1) is 11.4. The van der Waals surface area contributed by atoms with Gasteiger partial charge in [-0.25, -0.2) is 0 Å². The number of halogens is 3. The Labute approximate surface area is 140 Å². The summed E-state index contributed by atoms with van der Waals surface area (Å²) in [5.41, 5.74) is 2.39. The van der Waals surface area contributed by atoms with Gasteiger partial charge in [-0.3, -0.25) is 4.98 Å². The summed E-state index contributed by atoms with van der Waals surface area (Å²) in [5, 5.41) is 5.86. The van der Waals surface area contributed by atoms with Crippen molar-refractivity contribution >= 4 is 19.0 Å². The molecule has 24 heavy (non-hydrogen) atoms. The van der Waals surface area contributed by atoms with Crippen molar-refractivity contribution in [2.45, 2.75) is 24.6 Å². The molecule has 0 saturated carbocycles. The number of pyridine rings is 1. The van der Waals surface area contributed by atoms with Gasteiger partial charge in [0.1, 0.15) is 7.85 Å². The van der Waals surface area contributed by atoms with E-state index in [-0.39, 0.29) is 5.69 Å². The average Bonchev–Trinajstić information content (AvgIpc) is 3.08. The van der Waals surface area contributed by atoms with Gasteiger partial charge in [-0.1, -0.05) is 23.7 Å². The van der Waals surface area contributed by atoms with Gasteiger partial charge in [-0.05, 0) is 42.6 Å². The van der Waals surface area contributed by atoms with E-state index in [0.717, 1.165) is 30.5 Å². The Hall–Kier alpha value is -2.02. The molecule has 0 aliphatic carbocycles. The molecule has 2 atom stereocenters. The van der Waals surface area contributed by atoms with Crippen LogP contribution in [0.5, 0.6) is 0 Å². The molecule has 1 aromatic carbocycles. The first-order valence-corrected chi connectivity index (χ1v) is 8.00. The van der Waals surface area contributed by atoms with Gasteiger partial charge in [-0.2, -0.15) is 13.2 Å². The smallest absolute Gasteiger partial charge is 0.369 e. The van der Waals surface area contributed by atoms with Crippen molar-refractivity contribution in [1.82, 2.24) is 10.3 Å². The van der Waals surface area contributed by atoms with Gasteiger partial charge in [0.25, 0.3) is 0 Å². The van der Waals surface area contributed by atoms with Crippen molar-refractivity contribution in [1.29, 1.82) is 0 Å². The Morgan fingerprint density at radius 3 is 2.46 bits per heavy atom. The second-order valence-electron chi connectivity index (χ2n) is 6.19. The van der Waals surface area contributed by atoms with E-state index in [1.807, 2.05) is 12.1 Å². The Morgan fingerprint density at radius 2 is 1.92 bits per heavy atom. The molecule has 0 spiro atoms. The zero-order chi connectivity index (χ0) is 17.2. The minimum atomic E-state index is -4.42. The maximum atomic E-state index is 13.4. The summed E-state index contributed by atoms with van der Waals surface area (Å²) < 4.78 is 40.2. The Morgan fingerprint density at radius 1 is 1.17 bits per heavy atom. The molecule has 0 amide bonds. The van der Waals surface area contributed by atoms with Crippen LogP contribution in [0.1, 0.15) is 29.6 Å². The number of nitrogens with one attached hydrogen (secondary N) is 2. The molecule has 1 saturated heterocycles. The summed E-state index contributed by atoms with van der Waals surface area (Å²) in [7, 11) is 1.80. The molecule has 1 fully saturated rings. The lowest BCUT2D eigenvalue weighted by atomic mass is 9.97. The van der Waals surface area contributed by atoms with E-state index < -0.39 is 12.2 Å². The second kappa shape index (κ2) is 6.85. The largest absolute Gasteiger partial charge is 0.414 e. The zero-order valence-corrected chi connectivity index (χ0v) is 13.4. The van der Waals surface area contributed by atoms with Crippen LogP contribution in [-0.2, 0) is 0 Å². The number of alkyl halides is 3. The number of rotatable bonds is 4. The van der Waals surface area contributed by atoms with Crippen molar-refractivity contribution in [3.8, 4) is 0 Å². The molecule has 2 heterocycles. The Bertz CT molecular complexity index is 665. The number of anilines is 1. The number of aromatic nitrogens is 1. The minimum absolute atomic E-state index is 0.0304. The Kier molecular flexibility index (Phi) is 4.80. The normalized spacial score (nSPS) is 19.2. The van der Waals surface area contributed by atoms with Crippen LogP contribution in [0.25, 0.3) is 0 Å². The van der Waals surface area contributed by atoms with E-state index in [1.165, 1.54) is 12.3 Å². The van der Waals surface area contributed by atoms with E-state index in [2.05, 4.69) is 15.6 Å². The summed E-state index contributed by atoms with van der Waals surface area (Å²) in [4.78, 5) is 3.93. The predicted molar refractivity (Wildman–Crippen MR) is 91.5 cm³/mol. The van der Waals surface area contributed by atoms with Gasteiger partial charge in [0.05, 0.1) is 5.69 Å². The highest BCUT2D eigenvalue weighted by Gasteiger charge is 2.41. The van der Waals surface area contributed by atoms with Crippen LogP contribution < -0.4 is 16.1 Å². The Balaban J connectivity index is 1.78. The quantitative estimate of drug-likeness (QED) is 0.842. The lowest BCUT2D eigenvalue weighted by Crippen LogP contribution is -2.29. The monoisotopic (exact) mass is 333 g/mol. The molecule has 2 N–H and O–H groups in total.